The minimum atomic E-state index is 0.140. The number of hydrogen-bond acceptors (Lipinski definition) is 3. The van der Waals surface area contributed by atoms with Gasteiger partial charge in [0.05, 0.1) is 11.7 Å². The first kappa shape index (κ1) is 12.8. The van der Waals surface area contributed by atoms with Crippen molar-refractivity contribution in [2.45, 2.75) is 32.7 Å². The van der Waals surface area contributed by atoms with Crippen molar-refractivity contribution in [3.63, 3.8) is 0 Å². The third-order valence-electron chi connectivity index (χ3n) is 3.79. The number of hydrogen-bond donors (Lipinski definition) is 1. The van der Waals surface area contributed by atoms with Gasteiger partial charge in [-0.3, -0.25) is 14.9 Å². The number of amides is 1. The summed E-state index contributed by atoms with van der Waals surface area (Å²) in [5.41, 5.74) is 3.85. The van der Waals surface area contributed by atoms with E-state index in [2.05, 4.69) is 15.2 Å². The number of aromatic nitrogens is 3. The molecular formula is C15H18N4O. The van der Waals surface area contributed by atoms with Crippen molar-refractivity contribution in [2.75, 3.05) is 6.54 Å². The number of pyridine rings is 1. The first-order chi connectivity index (χ1) is 9.65. The standard InChI is InChI=1S/C15H18N4O/c1-10-8-14(18-17-10)13-9-12(5-6-16-13)15-4-3-7-19(15)11(2)20/h5-6,8-9,15H,3-4,7H2,1-2H3,(H,17,18). The second kappa shape index (κ2) is 5.07. The minimum Gasteiger partial charge on any atom is -0.336 e. The molecule has 0 saturated carbocycles. The maximum Gasteiger partial charge on any atom is 0.219 e. The van der Waals surface area contributed by atoms with Crippen molar-refractivity contribution >= 4 is 5.91 Å². The zero-order valence-electron chi connectivity index (χ0n) is 11.8. The monoisotopic (exact) mass is 270 g/mol. The molecule has 1 atom stereocenters. The van der Waals surface area contributed by atoms with Crippen LogP contribution in [0, 0.1) is 6.92 Å². The zero-order valence-corrected chi connectivity index (χ0v) is 11.8. The van der Waals surface area contributed by atoms with E-state index in [9.17, 15) is 4.79 Å². The van der Waals surface area contributed by atoms with Gasteiger partial charge in [0.25, 0.3) is 0 Å². The van der Waals surface area contributed by atoms with Crippen molar-refractivity contribution in [3.05, 3.63) is 35.7 Å². The van der Waals surface area contributed by atoms with Crippen LogP contribution in [-0.2, 0) is 4.79 Å². The molecule has 5 nitrogen and oxygen atoms in total. The minimum absolute atomic E-state index is 0.140. The van der Waals surface area contributed by atoms with Crippen molar-refractivity contribution in [3.8, 4) is 11.4 Å². The molecular weight excluding hydrogens is 252 g/mol. The zero-order chi connectivity index (χ0) is 14.1. The molecule has 2 aromatic heterocycles. The highest BCUT2D eigenvalue weighted by atomic mass is 16.2. The lowest BCUT2D eigenvalue weighted by Gasteiger charge is -2.23. The number of rotatable bonds is 2. The number of nitrogens with zero attached hydrogens (tertiary/aromatic N) is 3. The Kier molecular flexibility index (Phi) is 3.26. The summed E-state index contributed by atoms with van der Waals surface area (Å²) in [4.78, 5) is 18.0. The summed E-state index contributed by atoms with van der Waals surface area (Å²) in [5, 5.41) is 7.17. The molecule has 0 spiro atoms. The van der Waals surface area contributed by atoms with Crippen LogP contribution >= 0.6 is 0 Å². The SMILES string of the molecule is CC(=O)N1CCCC1c1ccnc(-c2cc(C)[nH]n2)c1. The molecule has 104 valence electrons. The fourth-order valence-corrected chi connectivity index (χ4v) is 2.83. The molecule has 20 heavy (non-hydrogen) atoms. The Morgan fingerprint density at radius 2 is 2.25 bits per heavy atom. The lowest BCUT2D eigenvalue weighted by Crippen LogP contribution is -2.28. The molecule has 1 fully saturated rings. The highest BCUT2D eigenvalue weighted by Gasteiger charge is 2.28. The molecule has 5 heteroatoms. The van der Waals surface area contributed by atoms with Crippen LogP contribution in [0.5, 0.6) is 0 Å². The Morgan fingerprint density at radius 3 is 2.95 bits per heavy atom. The van der Waals surface area contributed by atoms with Crippen LogP contribution in [0.15, 0.2) is 24.4 Å². The Morgan fingerprint density at radius 1 is 1.40 bits per heavy atom. The van der Waals surface area contributed by atoms with Crippen molar-refractivity contribution < 1.29 is 4.79 Å². The van der Waals surface area contributed by atoms with Gasteiger partial charge in [0.1, 0.15) is 5.69 Å². The number of carbonyl (C=O) groups excluding carboxylic acids is 1. The van der Waals surface area contributed by atoms with Crippen LogP contribution in [-0.4, -0.2) is 32.5 Å². The van der Waals surface area contributed by atoms with E-state index in [1.807, 2.05) is 30.0 Å². The van der Waals surface area contributed by atoms with Gasteiger partial charge in [0.15, 0.2) is 0 Å². The molecule has 3 rings (SSSR count). The molecule has 1 saturated heterocycles. The number of likely N-dealkylation sites (tertiary alicyclic amines) is 1. The number of aryl methyl sites for hydroxylation is 1. The maximum absolute atomic E-state index is 11.7. The van der Waals surface area contributed by atoms with E-state index in [1.54, 1.807) is 13.1 Å². The predicted octanol–water partition coefficient (Wildman–Crippen LogP) is 2.46. The summed E-state index contributed by atoms with van der Waals surface area (Å²) >= 11 is 0. The molecule has 1 aliphatic heterocycles. The van der Waals surface area contributed by atoms with E-state index in [-0.39, 0.29) is 11.9 Å². The van der Waals surface area contributed by atoms with Crippen molar-refractivity contribution in [1.29, 1.82) is 0 Å². The molecule has 3 heterocycles. The number of H-pyrrole nitrogens is 1. The first-order valence-electron chi connectivity index (χ1n) is 6.90. The summed E-state index contributed by atoms with van der Waals surface area (Å²) in [7, 11) is 0. The number of carbonyl (C=O) groups is 1. The molecule has 0 aromatic carbocycles. The average molecular weight is 270 g/mol. The van der Waals surface area contributed by atoms with Crippen molar-refractivity contribution in [1.82, 2.24) is 20.1 Å². The number of nitrogens with one attached hydrogen (secondary N) is 1. The molecule has 1 unspecified atom stereocenters. The summed E-state index contributed by atoms with van der Waals surface area (Å²) in [5.74, 6) is 0.140. The van der Waals surface area contributed by atoms with Crippen LogP contribution in [0.2, 0.25) is 0 Å². The van der Waals surface area contributed by atoms with Gasteiger partial charge in [-0.2, -0.15) is 5.10 Å². The van der Waals surface area contributed by atoms with Gasteiger partial charge >= 0.3 is 0 Å². The van der Waals surface area contributed by atoms with Gasteiger partial charge < -0.3 is 4.90 Å². The summed E-state index contributed by atoms with van der Waals surface area (Å²) in [6.45, 7) is 4.45. The quantitative estimate of drug-likeness (QED) is 0.911. The van der Waals surface area contributed by atoms with Crippen LogP contribution in [0.4, 0.5) is 0 Å². The fourth-order valence-electron chi connectivity index (χ4n) is 2.83. The van der Waals surface area contributed by atoms with E-state index in [0.29, 0.717) is 0 Å². The normalized spacial score (nSPS) is 18.5. The molecule has 1 aliphatic rings. The third kappa shape index (κ3) is 2.31. The van der Waals surface area contributed by atoms with Gasteiger partial charge in [-0.1, -0.05) is 0 Å². The van der Waals surface area contributed by atoms with Crippen LogP contribution in [0.1, 0.15) is 37.1 Å². The molecule has 0 radical (unpaired) electrons. The van der Waals surface area contributed by atoms with Crippen molar-refractivity contribution in [2.24, 2.45) is 0 Å². The van der Waals surface area contributed by atoms with Gasteiger partial charge in [0, 0.05) is 25.4 Å². The molecule has 1 N–H and O–H groups in total. The maximum atomic E-state index is 11.7. The van der Waals surface area contributed by atoms with E-state index >= 15 is 0 Å². The van der Waals surface area contributed by atoms with Crippen LogP contribution in [0.25, 0.3) is 11.4 Å². The lowest BCUT2D eigenvalue weighted by atomic mass is 10.0. The predicted molar refractivity (Wildman–Crippen MR) is 75.9 cm³/mol. The second-order valence-electron chi connectivity index (χ2n) is 5.28. The Labute approximate surface area is 118 Å². The first-order valence-corrected chi connectivity index (χ1v) is 6.90. The summed E-state index contributed by atoms with van der Waals surface area (Å²) in [6.07, 6.45) is 3.87. The van der Waals surface area contributed by atoms with E-state index in [0.717, 1.165) is 42.0 Å². The van der Waals surface area contributed by atoms with E-state index < -0.39 is 0 Å². The average Bonchev–Trinajstić information content (AvgIpc) is 3.07. The molecule has 0 bridgehead atoms. The van der Waals surface area contributed by atoms with Gasteiger partial charge in [-0.05, 0) is 43.5 Å². The highest BCUT2D eigenvalue weighted by Crippen LogP contribution is 2.32. The fraction of sp³-hybridized carbons (Fsp3) is 0.400. The Balaban J connectivity index is 1.93. The topological polar surface area (TPSA) is 61.9 Å². The lowest BCUT2D eigenvalue weighted by molar-refractivity contribution is -0.129. The smallest absolute Gasteiger partial charge is 0.219 e. The largest absolute Gasteiger partial charge is 0.336 e. The van der Waals surface area contributed by atoms with Gasteiger partial charge in [-0.15, -0.1) is 0 Å². The number of aromatic amines is 1. The summed E-state index contributed by atoms with van der Waals surface area (Å²) < 4.78 is 0. The van der Waals surface area contributed by atoms with E-state index in [1.165, 1.54) is 0 Å². The highest BCUT2D eigenvalue weighted by molar-refractivity contribution is 5.74. The van der Waals surface area contributed by atoms with E-state index in [4.69, 9.17) is 0 Å². The Hall–Kier alpha value is -2.17. The van der Waals surface area contributed by atoms with Gasteiger partial charge in [-0.25, -0.2) is 0 Å². The molecule has 0 aliphatic carbocycles. The van der Waals surface area contributed by atoms with Gasteiger partial charge in [0.2, 0.25) is 5.91 Å². The third-order valence-corrected chi connectivity index (χ3v) is 3.79. The Bertz CT molecular complexity index is 634. The second-order valence-corrected chi connectivity index (χ2v) is 5.28. The molecule has 1 amide bonds. The summed E-state index contributed by atoms with van der Waals surface area (Å²) in [6, 6.07) is 6.19. The van der Waals surface area contributed by atoms with Crippen LogP contribution < -0.4 is 0 Å². The van der Waals surface area contributed by atoms with Crippen LogP contribution in [0.3, 0.4) is 0 Å². The molecule has 2 aromatic rings.